The molecule has 0 spiro atoms. The summed E-state index contributed by atoms with van der Waals surface area (Å²) in [6, 6.07) is 9.18. The second-order valence-corrected chi connectivity index (χ2v) is 38.6. The van der Waals surface area contributed by atoms with Gasteiger partial charge in [-0.2, -0.15) is 25.3 Å². The number of benzene rings is 1. The number of carbonyl (C=O) groups is 4. The monoisotopic (exact) mass is 1740 g/mol. The van der Waals surface area contributed by atoms with Gasteiger partial charge in [-0.15, -0.1) is 0 Å². The maximum absolute atomic E-state index is 13.8. The number of amides is 4. The topological polar surface area (TPSA) is 514 Å². The van der Waals surface area contributed by atoms with Crippen LogP contribution in [0.2, 0.25) is 0 Å². The first-order chi connectivity index (χ1) is 52.3. The van der Waals surface area contributed by atoms with Crippen LogP contribution in [0, 0.1) is 17.8 Å². The van der Waals surface area contributed by atoms with Crippen LogP contribution in [0.5, 0.6) is 0 Å². The molecule has 15 fully saturated rings. The molecule has 15 aliphatic heterocycles. The van der Waals surface area contributed by atoms with Gasteiger partial charge < -0.3 is 65.1 Å². The van der Waals surface area contributed by atoms with Crippen molar-refractivity contribution in [3.05, 3.63) is 35.9 Å². The Morgan fingerprint density at radius 1 is 0.607 bits per heavy atom. The number of aliphatic hydroxyl groups excluding tert-OH is 6. The van der Waals surface area contributed by atoms with Crippen molar-refractivity contribution in [2.24, 2.45) is 17.8 Å². The third-order valence-electron chi connectivity index (χ3n) is 19.9. The van der Waals surface area contributed by atoms with E-state index in [0.29, 0.717) is 45.9 Å². The van der Waals surface area contributed by atoms with Crippen LogP contribution in [0.15, 0.2) is 30.3 Å². The Labute approximate surface area is 656 Å². The molecule has 1 aromatic carbocycles. The fourth-order valence-corrected chi connectivity index (χ4v) is 21.0. The zero-order valence-electron chi connectivity index (χ0n) is 62.3. The fourth-order valence-electron chi connectivity index (χ4n) is 14.6. The van der Waals surface area contributed by atoms with Crippen LogP contribution in [0.4, 0.5) is 23.6 Å². The van der Waals surface area contributed by atoms with Crippen LogP contribution in [-0.2, 0) is 139 Å². The van der Waals surface area contributed by atoms with E-state index in [-0.39, 0.29) is 118 Å². The van der Waals surface area contributed by atoms with Crippen LogP contribution < -0.4 is 10.6 Å². The third-order valence-corrected chi connectivity index (χ3v) is 25.6. The van der Waals surface area contributed by atoms with E-state index >= 15 is 0 Å². The van der Waals surface area contributed by atoms with Crippen LogP contribution in [0.25, 0.3) is 0 Å². The molecule has 1 aromatic rings. The minimum atomic E-state index is -3.59. The van der Waals surface area contributed by atoms with E-state index in [2.05, 4.69) is 37.3 Å². The highest BCUT2D eigenvalue weighted by atomic mass is 32.2. The molecule has 0 saturated carbocycles. The van der Waals surface area contributed by atoms with Gasteiger partial charge in [-0.25, -0.2) is 32.0 Å². The number of aliphatic hydroxyl groups is 6. The second kappa shape index (κ2) is 37.4. The van der Waals surface area contributed by atoms with Gasteiger partial charge in [-0.3, -0.25) is 69.8 Å². The van der Waals surface area contributed by atoms with E-state index in [1.165, 1.54) is 27.2 Å². The van der Waals surface area contributed by atoms with Crippen molar-refractivity contribution in [1.29, 1.82) is 0 Å². The van der Waals surface area contributed by atoms with E-state index in [0.717, 1.165) is 25.5 Å². The summed E-state index contributed by atoms with van der Waals surface area (Å²) in [5.74, 6) is 10.1. The second-order valence-electron chi connectivity index (χ2n) is 29.8. The lowest BCUT2D eigenvalue weighted by Crippen LogP contribution is -2.59. The predicted molar refractivity (Wildman–Crippen MR) is 394 cm³/mol. The summed E-state index contributed by atoms with van der Waals surface area (Å²) in [6.45, 7) is 16.3. The number of likely N-dealkylation sites (tertiary alicyclic amines) is 2. The molecule has 15 saturated heterocycles. The molecule has 0 radical (unpaired) electrons. The first-order valence-corrected chi connectivity index (χ1v) is 45.7. The molecular weight excluding hydrogens is 1640 g/mol. The summed E-state index contributed by atoms with van der Waals surface area (Å²) >= 11 is -4.26. The Morgan fingerprint density at radius 2 is 1.05 bits per heavy atom. The van der Waals surface area contributed by atoms with E-state index in [1.54, 1.807) is 4.90 Å². The number of fused-ring (bicyclic) bond motifs is 11. The molecule has 15 aliphatic rings. The minimum Gasteiger partial charge on any atom is -0.447 e. The Morgan fingerprint density at radius 3 is 1.54 bits per heavy atom. The van der Waals surface area contributed by atoms with Gasteiger partial charge in [0, 0.05) is 75.9 Å². The Kier molecular flexibility index (Phi) is 30.1. The van der Waals surface area contributed by atoms with Crippen LogP contribution >= 0.6 is 11.0 Å². The summed E-state index contributed by atoms with van der Waals surface area (Å²) in [4.78, 5) is 54.0. The molecular formula is C63H100FN7O34S7. The smallest absolute Gasteiger partial charge is 0.410 e. The molecule has 0 aliphatic carbocycles. The van der Waals surface area contributed by atoms with Crippen molar-refractivity contribution < 1.29 is 157 Å². The average molecular weight is 1740 g/mol. The quantitative estimate of drug-likeness (QED) is 0.0713. The molecule has 30 atom stereocenters. The average Bonchev–Trinajstić information content (AvgIpc) is 1.61. The molecule has 49 heteroatoms. The van der Waals surface area contributed by atoms with Crippen molar-refractivity contribution in [1.82, 2.24) is 35.1 Å². The molecule has 112 heavy (non-hydrogen) atoms. The maximum atomic E-state index is 13.8. The number of hydrogen-bond acceptors (Lipinski definition) is 37. The zero-order valence-corrected chi connectivity index (χ0v) is 68.1. The van der Waals surface area contributed by atoms with Crippen molar-refractivity contribution >= 4 is 116 Å². The van der Waals surface area contributed by atoms with Gasteiger partial charge >= 0.3 is 47.1 Å². The largest absolute Gasteiger partial charge is 0.447 e. The van der Waals surface area contributed by atoms with Gasteiger partial charge in [-0.05, 0) is 51.5 Å². The number of ether oxygens (including phenoxy) is 4. The summed E-state index contributed by atoms with van der Waals surface area (Å²) in [5, 5.41) is 63.1. The van der Waals surface area contributed by atoms with Crippen molar-refractivity contribution in [2.75, 3.05) is 104 Å². The highest BCUT2D eigenvalue weighted by Gasteiger charge is 2.59. The van der Waals surface area contributed by atoms with Gasteiger partial charge in [0.15, 0.2) is 20.2 Å². The highest BCUT2D eigenvalue weighted by molar-refractivity contribution is 8.05. The lowest BCUT2D eigenvalue weighted by atomic mass is 9.89. The zero-order chi connectivity index (χ0) is 82.0. The third kappa shape index (κ3) is 23.2. The minimum absolute atomic E-state index is 0.0144. The predicted octanol–water partition coefficient (Wildman–Crippen LogP) is -3.43. The van der Waals surface area contributed by atoms with E-state index in [1.807, 2.05) is 65.0 Å². The number of nitrogens with one attached hydrogen (secondary N) is 2. The van der Waals surface area contributed by atoms with Gasteiger partial charge in [0.05, 0.1) is 80.1 Å². The summed E-state index contributed by atoms with van der Waals surface area (Å²) in [6.07, 6.45) is -11.7. The normalized spacial score (nSPS) is 41.8. The van der Waals surface area contributed by atoms with Crippen molar-refractivity contribution in [2.45, 2.75) is 194 Å². The molecule has 6 unspecified atom stereocenters. The molecule has 0 aromatic heterocycles. The number of cyclic esters (lactones) is 3. The molecule has 8 N–H and O–H groups in total. The van der Waals surface area contributed by atoms with E-state index in [9.17, 15) is 82.8 Å². The van der Waals surface area contributed by atoms with E-state index in [4.69, 9.17) is 70.1 Å². The van der Waals surface area contributed by atoms with Gasteiger partial charge in [-0.1, -0.05) is 44.2 Å². The highest BCUT2D eigenvalue weighted by Crippen LogP contribution is 2.42. The molecule has 4 amide bonds. The summed E-state index contributed by atoms with van der Waals surface area (Å²) < 4.78 is 184. The molecule has 16 rings (SSSR count). The SMILES string of the molecule is C=S1(=O)O[C@@H]2[C@H](O1)[C@@H](O)CN1C(=O)OC[C@H]21.C=S1(=O)O[C@H]2[C@H](O1)[C@@H](O)CN1C(=O)OC[C@H]21.C=S1O[C@@H]2[C@H](O1)[C@@H](O)CN1C(=O)OC[C@H]21.CC(F)[C@H]1CN(Cc2ccccc2)C[C@H]2OS(=O)O[C@H]12.CC[C@H]1CN(C(=O)OC(C)(C)C)C[C@H]2OS(=O)O[C@H]12.CS(=O)(=O)O[C@@H]1CNC[C@H](O)[C@@H]1O.C[C@H]1CNC[C@H](OS(C)(=O)=O)[C@H]1O. The lowest BCUT2D eigenvalue weighted by Gasteiger charge is -2.38. The van der Waals surface area contributed by atoms with Crippen LogP contribution in [0.1, 0.15) is 53.5 Å². The number of nitrogens with zero attached hydrogens (tertiary/aromatic N) is 5. The Balaban J connectivity index is 0.000000139. The number of rotatable bonds is 8. The molecule has 640 valence electrons. The van der Waals surface area contributed by atoms with Crippen LogP contribution in [0.3, 0.4) is 0 Å². The van der Waals surface area contributed by atoms with Gasteiger partial charge in [0.2, 0.25) is 0 Å². The number of piperidine rings is 7. The number of alkyl halides is 1. The van der Waals surface area contributed by atoms with Gasteiger partial charge in [0.1, 0.15) is 129 Å². The Hall–Kier alpha value is -4.15. The number of β-amino-alcohol motifs (C(OH)–C–C–N with tert-alkyl or cyclic N) is 1. The lowest BCUT2D eigenvalue weighted by molar-refractivity contribution is -0.0629. The number of carbonyl (C=O) groups excluding carboxylic acids is 4. The number of halogens is 1. The molecule has 0 bridgehead atoms. The number of hydrogen-bond donors (Lipinski definition) is 8. The first kappa shape index (κ1) is 90.2. The Bertz CT molecular complexity index is 3860. The fraction of sp³-hybridized carbons (Fsp3) is 0.794. The van der Waals surface area contributed by atoms with Gasteiger partial charge in [0.25, 0.3) is 20.2 Å². The summed E-state index contributed by atoms with van der Waals surface area (Å²) in [7, 11) is -13.2. The van der Waals surface area contributed by atoms with Crippen molar-refractivity contribution in [3.8, 4) is 0 Å². The van der Waals surface area contributed by atoms with Crippen molar-refractivity contribution in [3.63, 3.8) is 0 Å². The van der Waals surface area contributed by atoms with Crippen LogP contribution in [-0.4, -0.2) is 375 Å². The maximum Gasteiger partial charge on any atom is 0.410 e. The molecule has 41 nitrogen and oxygen atoms in total. The van der Waals surface area contributed by atoms with E-state index < -0.39 is 184 Å². The first-order valence-electron chi connectivity index (χ1n) is 35.7. The summed E-state index contributed by atoms with van der Waals surface area (Å²) in [5.41, 5.74) is 0.655. The standard InChI is InChI=1S/C14H18FNO3S.C12H21NO5S.2C8H11NO6S.C8H11NO5S.C7H15NO4S.C6H13NO5S/c1-10(15)12-8-16(7-11-5-3-2-4-6-11)9-13-14(12)19-20(17)18-13;1-5-8-6-13(11(14)16-12(2,3)4)7-9-10(8)18-19(15)17-9;2*1-16(12)14-6-4-3-13-8(11)9(4)2-5(10)7(6)15-16;1-15-13-6-4-3-12-8(11)9(4)2-5(10)7(6)14-15;1-5-3-8-4-6(7(5)9)12-13(2,10)11;1-13(10,11)12-5-3-7-2-4(8)6(5)9/h2-6,10,12-14H,7-9H2,1H3;8-10H,5-7H2,1-4H3;2*4-7,10H,1-3H2;4-7,10H,1-3H2;5-9H,3-4H2,1-2H3;4-9H,2-3H2,1H3/t10?,12-,13-,14-,20?;8-,9+,10+,19?;4-,5+,6+,7-,16?;4-,5+,6-,7-,16?;4-,5+,6+,7-,15?;5-,6-,7-;4-,5+,6-/m1011100/s1. The molecule has 15 heterocycles.